The quantitative estimate of drug-likeness (QED) is 0.745. The molecule has 0 aromatic heterocycles. The van der Waals surface area contributed by atoms with Crippen LogP contribution in [-0.4, -0.2) is 31.3 Å². The molecule has 100 valence electrons. The van der Waals surface area contributed by atoms with Crippen LogP contribution < -0.4 is 0 Å². The molecule has 1 rings (SSSR count). The first-order valence-electron chi connectivity index (χ1n) is 6.47. The molecule has 0 heterocycles. The van der Waals surface area contributed by atoms with Crippen LogP contribution in [0.4, 0.5) is 0 Å². The highest BCUT2D eigenvalue weighted by Crippen LogP contribution is 2.24. The second-order valence-electron chi connectivity index (χ2n) is 6.63. The molecule has 0 saturated carbocycles. The zero-order valence-electron chi connectivity index (χ0n) is 12.2. The molecule has 1 aromatic rings. The third-order valence-corrected chi connectivity index (χ3v) is 3.04. The summed E-state index contributed by atoms with van der Waals surface area (Å²) in [4.78, 5) is 13.7. The second kappa shape index (κ2) is 5.66. The van der Waals surface area contributed by atoms with Crippen LogP contribution in [-0.2, 0) is 10.2 Å². The molecule has 0 aliphatic rings. The Morgan fingerprint density at radius 1 is 1.06 bits per heavy atom. The predicted molar refractivity (Wildman–Crippen MR) is 76.8 cm³/mol. The number of carbonyl (C=O) groups is 1. The van der Waals surface area contributed by atoms with Crippen molar-refractivity contribution in [1.82, 2.24) is 4.90 Å². The predicted octanol–water partition coefficient (Wildman–Crippen LogP) is 3.12. The van der Waals surface area contributed by atoms with E-state index in [4.69, 9.17) is 0 Å². The van der Waals surface area contributed by atoms with Crippen LogP contribution in [0.15, 0.2) is 30.3 Å². The summed E-state index contributed by atoms with van der Waals surface area (Å²) in [5.41, 5.74) is 0.900. The minimum atomic E-state index is -0.429. The molecule has 0 N–H and O–H groups in total. The van der Waals surface area contributed by atoms with Gasteiger partial charge < -0.3 is 9.69 Å². The van der Waals surface area contributed by atoms with Gasteiger partial charge in [0.1, 0.15) is 6.29 Å². The molecule has 1 unspecified atom stereocenters. The summed E-state index contributed by atoms with van der Waals surface area (Å²) in [6.07, 6.45) is 1.07. The first-order valence-corrected chi connectivity index (χ1v) is 6.47. The minimum Gasteiger partial charge on any atom is -0.305 e. The lowest BCUT2D eigenvalue weighted by atomic mass is 9.83. The molecule has 0 bridgehead atoms. The van der Waals surface area contributed by atoms with Gasteiger partial charge in [-0.1, -0.05) is 51.1 Å². The van der Waals surface area contributed by atoms with E-state index < -0.39 is 5.41 Å². The van der Waals surface area contributed by atoms with Crippen LogP contribution in [0.1, 0.15) is 33.3 Å². The van der Waals surface area contributed by atoms with Crippen molar-refractivity contribution in [2.75, 3.05) is 20.1 Å². The highest BCUT2D eigenvalue weighted by Gasteiger charge is 2.28. The Kier molecular flexibility index (Phi) is 4.69. The van der Waals surface area contributed by atoms with Crippen LogP contribution >= 0.6 is 0 Å². The van der Waals surface area contributed by atoms with Gasteiger partial charge in [0.25, 0.3) is 0 Å². The van der Waals surface area contributed by atoms with E-state index in [2.05, 4.69) is 32.7 Å². The fourth-order valence-corrected chi connectivity index (χ4v) is 2.44. The number of rotatable bonds is 5. The third-order valence-electron chi connectivity index (χ3n) is 3.04. The molecule has 0 radical (unpaired) electrons. The zero-order chi connectivity index (χ0) is 13.8. The van der Waals surface area contributed by atoms with E-state index in [9.17, 15) is 4.79 Å². The summed E-state index contributed by atoms with van der Waals surface area (Å²) in [5.74, 6) is 0. The Morgan fingerprint density at radius 2 is 1.61 bits per heavy atom. The first kappa shape index (κ1) is 14.9. The number of hydrogen-bond acceptors (Lipinski definition) is 2. The van der Waals surface area contributed by atoms with Crippen molar-refractivity contribution >= 4 is 6.29 Å². The van der Waals surface area contributed by atoms with Gasteiger partial charge in [-0.15, -0.1) is 0 Å². The van der Waals surface area contributed by atoms with Gasteiger partial charge in [-0.25, -0.2) is 0 Å². The van der Waals surface area contributed by atoms with E-state index >= 15 is 0 Å². The van der Waals surface area contributed by atoms with E-state index in [-0.39, 0.29) is 5.41 Å². The van der Waals surface area contributed by atoms with Gasteiger partial charge in [0.15, 0.2) is 0 Å². The van der Waals surface area contributed by atoms with Crippen molar-refractivity contribution < 1.29 is 4.79 Å². The summed E-state index contributed by atoms with van der Waals surface area (Å²) >= 11 is 0. The van der Waals surface area contributed by atoms with E-state index in [1.807, 2.05) is 37.3 Å². The molecule has 1 aromatic carbocycles. The largest absolute Gasteiger partial charge is 0.305 e. The normalized spacial score (nSPS) is 15.4. The van der Waals surface area contributed by atoms with Crippen LogP contribution in [0.25, 0.3) is 0 Å². The van der Waals surface area contributed by atoms with Gasteiger partial charge in [-0.2, -0.15) is 0 Å². The van der Waals surface area contributed by atoms with Gasteiger partial charge in [0.2, 0.25) is 0 Å². The maximum Gasteiger partial charge on any atom is 0.131 e. The zero-order valence-corrected chi connectivity index (χ0v) is 12.2. The van der Waals surface area contributed by atoms with Crippen molar-refractivity contribution in [3.8, 4) is 0 Å². The topological polar surface area (TPSA) is 20.3 Å². The fourth-order valence-electron chi connectivity index (χ4n) is 2.44. The number of benzene rings is 1. The molecule has 0 amide bonds. The lowest BCUT2D eigenvalue weighted by Gasteiger charge is -2.33. The van der Waals surface area contributed by atoms with Crippen molar-refractivity contribution in [2.24, 2.45) is 5.41 Å². The minimum absolute atomic E-state index is 0.245. The summed E-state index contributed by atoms with van der Waals surface area (Å²) in [7, 11) is 2.08. The summed E-state index contributed by atoms with van der Waals surface area (Å²) in [6.45, 7) is 10.4. The maximum absolute atomic E-state index is 11.5. The monoisotopic (exact) mass is 247 g/mol. The van der Waals surface area contributed by atoms with Crippen LogP contribution in [0.5, 0.6) is 0 Å². The highest BCUT2D eigenvalue weighted by atomic mass is 16.1. The molecule has 0 aliphatic heterocycles. The summed E-state index contributed by atoms with van der Waals surface area (Å²) in [6, 6.07) is 10.0. The molecule has 0 spiro atoms. The maximum atomic E-state index is 11.5. The van der Waals surface area contributed by atoms with Crippen molar-refractivity contribution in [3.63, 3.8) is 0 Å². The average Bonchev–Trinajstić information content (AvgIpc) is 2.27. The van der Waals surface area contributed by atoms with Gasteiger partial charge >= 0.3 is 0 Å². The summed E-state index contributed by atoms with van der Waals surface area (Å²) in [5, 5.41) is 0. The Hall–Kier alpha value is -1.15. The van der Waals surface area contributed by atoms with Gasteiger partial charge in [-0.3, -0.25) is 0 Å². The summed E-state index contributed by atoms with van der Waals surface area (Å²) < 4.78 is 0. The number of nitrogens with zero attached hydrogens (tertiary/aromatic N) is 1. The molecular formula is C16H25NO. The standard InChI is InChI=1S/C16H25NO/c1-15(2,3)11-17(5)12-16(4,13-18)14-9-7-6-8-10-14/h6-10,13H,11-12H2,1-5H3. The lowest BCUT2D eigenvalue weighted by Crippen LogP contribution is -2.41. The molecule has 1 atom stereocenters. The van der Waals surface area contributed by atoms with Crippen LogP contribution in [0.2, 0.25) is 0 Å². The van der Waals surface area contributed by atoms with Gasteiger partial charge in [-0.05, 0) is 24.9 Å². The molecule has 0 fully saturated rings. The fraction of sp³-hybridized carbons (Fsp3) is 0.562. The molecule has 0 aliphatic carbocycles. The number of hydrogen-bond donors (Lipinski definition) is 0. The number of aldehydes is 1. The molecule has 18 heavy (non-hydrogen) atoms. The van der Waals surface area contributed by atoms with Gasteiger partial charge in [0.05, 0.1) is 5.41 Å². The Balaban J connectivity index is 2.81. The van der Waals surface area contributed by atoms with Crippen molar-refractivity contribution in [1.29, 1.82) is 0 Å². The molecular weight excluding hydrogens is 222 g/mol. The van der Waals surface area contributed by atoms with E-state index in [1.54, 1.807) is 0 Å². The van der Waals surface area contributed by atoms with E-state index in [1.165, 1.54) is 0 Å². The highest BCUT2D eigenvalue weighted by molar-refractivity contribution is 5.68. The Morgan fingerprint density at radius 3 is 2.06 bits per heavy atom. The van der Waals surface area contributed by atoms with Crippen molar-refractivity contribution in [2.45, 2.75) is 33.1 Å². The average molecular weight is 247 g/mol. The van der Waals surface area contributed by atoms with E-state index in [0.717, 1.165) is 24.9 Å². The molecule has 0 saturated heterocycles. The van der Waals surface area contributed by atoms with Gasteiger partial charge in [0, 0.05) is 13.1 Å². The molecule has 2 nitrogen and oxygen atoms in total. The molecule has 2 heteroatoms. The van der Waals surface area contributed by atoms with Crippen LogP contribution in [0.3, 0.4) is 0 Å². The smallest absolute Gasteiger partial charge is 0.131 e. The van der Waals surface area contributed by atoms with Crippen LogP contribution in [0, 0.1) is 5.41 Å². The third kappa shape index (κ3) is 4.26. The second-order valence-corrected chi connectivity index (χ2v) is 6.63. The Bertz CT molecular complexity index is 380. The SMILES string of the molecule is CN(CC(C)(C)C)CC(C)(C=O)c1ccccc1. The van der Waals surface area contributed by atoms with Crippen molar-refractivity contribution in [3.05, 3.63) is 35.9 Å². The number of carbonyl (C=O) groups excluding carboxylic acids is 1. The first-order chi connectivity index (χ1) is 8.27. The lowest BCUT2D eigenvalue weighted by molar-refractivity contribution is -0.112. The number of likely N-dealkylation sites (N-methyl/N-ethyl adjacent to an activating group) is 1. The Labute approximate surface area is 111 Å². The van der Waals surface area contributed by atoms with E-state index in [0.29, 0.717) is 0 Å².